The number of hydrogen-bond acceptors (Lipinski definition) is 2. The van der Waals surface area contributed by atoms with E-state index < -0.39 is 0 Å². The molecule has 1 aromatic carbocycles. The van der Waals surface area contributed by atoms with E-state index in [0.717, 1.165) is 31.6 Å². The molecule has 2 nitrogen and oxygen atoms in total. The van der Waals surface area contributed by atoms with Gasteiger partial charge >= 0.3 is 0 Å². The average molecular weight is 300 g/mol. The fraction of sp³-hybridized carbons (Fsp3) is 0.571. The molecule has 0 fully saturated rings. The van der Waals surface area contributed by atoms with E-state index in [1.54, 1.807) is 0 Å². The van der Waals surface area contributed by atoms with Crippen molar-refractivity contribution >= 4 is 21.6 Å². The van der Waals surface area contributed by atoms with Crippen LogP contribution in [0.2, 0.25) is 0 Å². The summed E-state index contributed by atoms with van der Waals surface area (Å²) in [6.07, 6.45) is 0. The van der Waals surface area contributed by atoms with Gasteiger partial charge in [0.15, 0.2) is 0 Å². The average Bonchev–Trinajstić information content (AvgIpc) is 2.35. The minimum atomic E-state index is 0.791. The van der Waals surface area contributed by atoms with Crippen LogP contribution in [0.15, 0.2) is 18.2 Å². The Bertz CT molecular complexity index is 341. The lowest BCUT2D eigenvalue weighted by Gasteiger charge is -2.25. The quantitative estimate of drug-likeness (QED) is 0.561. The second-order valence-electron chi connectivity index (χ2n) is 4.03. The van der Waals surface area contributed by atoms with Crippen LogP contribution in [0.25, 0.3) is 0 Å². The molecule has 0 atom stereocenters. The van der Waals surface area contributed by atoms with E-state index >= 15 is 0 Å². The van der Waals surface area contributed by atoms with Crippen LogP contribution in [-0.4, -0.2) is 26.3 Å². The first-order valence-electron chi connectivity index (χ1n) is 6.21. The molecule has 3 heteroatoms. The van der Waals surface area contributed by atoms with E-state index in [4.69, 9.17) is 4.74 Å². The van der Waals surface area contributed by atoms with Crippen LogP contribution in [0, 0.1) is 6.92 Å². The van der Waals surface area contributed by atoms with Crippen LogP contribution in [0.4, 0.5) is 5.69 Å². The lowest BCUT2D eigenvalue weighted by molar-refractivity contribution is 0.154. The molecule has 0 unspecified atom stereocenters. The summed E-state index contributed by atoms with van der Waals surface area (Å²) in [6.45, 7) is 9.95. The van der Waals surface area contributed by atoms with Crippen molar-refractivity contribution in [2.45, 2.75) is 26.1 Å². The zero-order valence-corrected chi connectivity index (χ0v) is 12.6. The van der Waals surface area contributed by atoms with Gasteiger partial charge in [0.05, 0.1) is 6.61 Å². The molecule has 1 rings (SSSR count). The van der Waals surface area contributed by atoms with Crippen molar-refractivity contribution < 1.29 is 4.74 Å². The monoisotopic (exact) mass is 299 g/mol. The third kappa shape index (κ3) is 4.32. The molecular weight excluding hydrogens is 278 g/mol. The summed E-state index contributed by atoms with van der Waals surface area (Å²) >= 11 is 3.49. The second-order valence-corrected chi connectivity index (χ2v) is 4.59. The number of rotatable bonds is 7. The van der Waals surface area contributed by atoms with Gasteiger partial charge in [-0.15, -0.1) is 0 Å². The normalized spacial score (nSPS) is 10.6. The summed E-state index contributed by atoms with van der Waals surface area (Å²) in [6, 6.07) is 6.63. The molecule has 0 radical (unpaired) electrons. The number of anilines is 1. The van der Waals surface area contributed by atoms with Crippen molar-refractivity contribution in [1.82, 2.24) is 0 Å². The van der Waals surface area contributed by atoms with Crippen LogP contribution in [-0.2, 0) is 10.1 Å². The van der Waals surface area contributed by atoms with E-state index in [1.807, 2.05) is 6.92 Å². The largest absolute Gasteiger partial charge is 0.380 e. The van der Waals surface area contributed by atoms with E-state index in [-0.39, 0.29) is 0 Å². The molecule has 0 spiro atoms. The fourth-order valence-corrected chi connectivity index (χ4v) is 2.27. The summed E-state index contributed by atoms with van der Waals surface area (Å²) in [5, 5.41) is 0.916. The van der Waals surface area contributed by atoms with E-state index in [1.165, 1.54) is 16.8 Å². The van der Waals surface area contributed by atoms with Crippen LogP contribution >= 0.6 is 15.9 Å². The first-order valence-corrected chi connectivity index (χ1v) is 7.33. The van der Waals surface area contributed by atoms with Crippen molar-refractivity contribution in [1.29, 1.82) is 0 Å². The number of nitrogens with zero attached hydrogens (tertiary/aromatic N) is 1. The first kappa shape index (κ1) is 14.5. The molecule has 0 N–H and O–H groups in total. The smallest absolute Gasteiger partial charge is 0.0641 e. The topological polar surface area (TPSA) is 12.5 Å². The highest BCUT2D eigenvalue weighted by molar-refractivity contribution is 9.08. The minimum absolute atomic E-state index is 0.791. The van der Waals surface area contributed by atoms with E-state index in [9.17, 15) is 0 Å². The summed E-state index contributed by atoms with van der Waals surface area (Å²) in [5.74, 6) is 0. The number of benzene rings is 1. The van der Waals surface area contributed by atoms with E-state index in [2.05, 4.69) is 52.9 Å². The maximum atomic E-state index is 5.42. The zero-order valence-electron chi connectivity index (χ0n) is 11.0. The first-order chi connectivity index (χ1) is 8.22. The summed E-state index contributed by atoms with van der Waals surface area (Å²) in [7, 11) is 0. The minimum Gasteiger partial charge on any atom is -0.380 e. The molecule has 0 aliphatic heterocycles. The van der Waals surface area contributed by atoms with Crippen molar-refractivity contribution in [2.24, 2.45) is 0 Å². The maximum absolute atomic E-state index is 5.42. The lowest BCUT2D eigenvalue weighted by Crippen LogP contribution is -2.27. The van der Waals surface area contributed by atoms with Gasteiger partial charge in [-0.1, -0.05) is 28.1 Å². The molecule has 0 amide bonds. The van der Waals surface area contributed by atoms with Gasteiger partial charge in [-0.3, -0.25) is 0 Å². The highest BCUT2D eigenvalue weighted by Crippen LogP contribution is 2.22. The van der Waals surface area contributed by atoms with Gasteiger partial charge in [0.25, 0.3) is 0 Å². The van der Waals surface area contributed by atoms with Gasteiger partial charge in [-0.05, 0) is 38.0 Å². The number of halogens is 1. The zero-order chi connectivity index (χ0) is 12.7. The maximum Gasteiger partial charge on any atom is 0.0641 e. The number of alkyl halides is 1. The molecule has 0 saturated carbocycles. The summed E-state index contributed by atoms with van der Waals surface area (Å²) < 4.78 is 5.42. The van der Waals surface area contributed by atoms with Crippen LogP contribution < -0.4 is 4.90 Å². The molecule has 1 aromatic rings. The molecule has 96 valence electrons. The van der Waals surface area contributed by atoms with Crippen LogP contribution in [0.1, 0.15) is 25.0 Å². The molecule has 0 saturated heterocycles. The number of aryl methyl sites for hydroxylation is 1. The Hall–Kier alpha value is -0.540. The molecule has 17 heavy (non-hydrogen) atoms. The number of likely N-dealkylation sites (N-methyl/N-ethyl adjacent to an activating group) is 1. The Morgan fingerprint density at radius 1 is 1.29 bits per heavy atom. The highest BCUT2D eigenvalue weighted by Gasteiger charge is 2.07. The Balaban J connectivity index is 2.73. The van der Waals surface area contributed by atoms with Crippen molar-refractivity contribution in [3.05, 3.63) is 29.3 Å². The van der Waals surface area contributed by atoms with E-state index in [0.29, 0.717) is 0 Å². The third-order valence-electron chi connectivity index (χ3n) is 2.85. The van der Waals surface area contributed by atoms with Crippen molar-refractivity contribution in [2.75, 3.05) is 31.2 Å². The SMILES string of the molecule is CCOCCN(CC)c1ccc(CBr)cc1C. The van der Waals surface area contributed by atoms with Gasteiger partial charge < -0.3 is 9.64 Å². The van der Waals surface area contributed by atoms with Crippen molar-refractivity contribution in [3.8, 4) is 0 Å². The molecule has 0 bridgehead atoms. The standard InChI is InChI=1S/C14H22BrNO/c1-4-16(8-9-17-5-2)14-7-6-13(11-15)10-12(14)3/h6-7,10H,4-5,8-9,11H2,1-3H3. The van der Waals surface area contributed by atoms with Crippen molar-refractivity contribution in [3.63, 3.8) is 0 Å². The summed E-state index contributed by atoms with van der Waals surface area (Å²) in [4.78, 5) is 2.36. The predicted molar refractivity (Wildman–Crippen MR) is 78.2 cm³/mol. The van der Waals surface area contributed by atoms with Gasteiger partial charge in [-0.25, -0.2) is 0 Å². The molecule has 0 aliphatic carbocycles. The molecular formula is C14H22BrNO. The Morgan fingerprint density at radius 2 is 2.06 bits per heavy atom. The van der Waals surface area contributed by atoms with Gasteiger partial charge in [-0.2, -0.15) is 0 Å². The highest BCUT2D eigenvalue weighted by atomic mass is 79.9. The molecule has 0 aliphatic rings. The lowest BCUT2D eigenvalue weighted by atomic mass is 10.1. The second kappa shape index (κ2) is 7.72. The Morgan fingerprint density at radius 3 is 2.59 bits per heavy atom. The molecule has 0 heterocycles. The predicted octanol–water partition coefficient (Wildman–Crippen LogP) is 3.75. The number of ether oxygens (including phenoxy) is 1. The summed E-state index contributed by atoms with van der Waals surface area (Å²) in [5.41, 5.74) is 3.98. The Kier molecular flexibility index (Phi) is 6.60. The van der Waals surface area contributed by atoms with Crippen LogP contribution in [0.3, 0.4) is 0 Å². The van der Waals surface area contributed by atoms with Gasteiger partial charge in [0.2, 0.25) is 0 Å². The van der Waals surface area contributed by atoms with Gasteiger partial charge in [0, 0.05) is 30.7 Å². The van der Waals surface area contributed by atoms with Gasteiger partial charge in [0.1, 0.15) is 0 Å². The molecule has 0 aromatic heterocycles. The van der Waals surface area contributed by atoms with Crippen LogP contribution in [0.5, 0.6) is 0 Å². The number of hydrogen-bond donors (Lipinski definition) is 0. The fourth-order valence-electron chi connectivity index (χ4n) is 1.92. The Labute approximate surface area is 113 Å². The third-order valence-corrected chi connectivity index (χ3v) is 3.50.